The molecule has 1 nitrogen and oxygen atoms in total. The smallest absolute Gasteiger partial charge is 0.542 e. The summed E-state index contributed by atoms with van der Waals surface area (Å²) in [7, 11) is 0. The predicted octanol–water partition coefficient (Wildman–Crippen LogP) is -2.88. The molecule has 0 fully saturated rings. The van der Waals surface area contributed by atoms with Crippen molar-refractivity contribution >= 4 is 6.29 Å². The Morgan fingerprint density at radius 1 is 1.75 bits per heavy atom. The van der Waals surface area contributed by atoms with Crippen molar-refractivity contribution in [3.63, 3.8) is 0 Å². The van der Waals surface area contributed by atoms with Gasteiger partial charge in [-0.05, 0) is 0 Å². The molecular formula is C2H3KO. The van der Waals surface area contributed by atoms with Gasteiger partial charge in [0.15, 0.2) is 0 Å². The zero-order valence-electron chi connectivity index (χ0n) is 2.91. The van der Waals surface area contributed by atoms with Crippen LogP contribution in [0, 0.1) is 0 Å². The molecule has 0 saturated carbocycles. The fourth-order valence-electron chi connectivity index (χ4n) is 0. The minimum Gasteiger partial charge on any atom is -0.542 e. The first-order chi connectivity index (χ1) is 1.41. The van der Waals surface area contributed by atoms with E-state index in [1.165, 1.54) is 13.2 Å². The Labute approximate surface area is 68.2 Å². The Bertz CT molecular complexity index is 13.5. The Balaban J connectivity index is 0. The van der Waals surface area contributed by atoms with Gasteiger partial charge in [0.25, 0.3) is 0 Å². The quantitative estimate of drug-likeness (QED) is 0.227. The molecule has 0 heterocycles. The summed E-state index contributed by atoms with van der Waals surface area (Å²) in [5.74, 6) is 0. The van der Waals surface area contributed by atoms with Crippen LogP contribution in [0.3, 0.4) is 0 Å². The van der Waals surface area contributed by atoms with Crippen molar-refractivity contribution in [2.45, 2.75) is 6.92 Å². The molecule has 0 saturated heterocycles. The van der Waals surface area contributed by atoms with Crippen molar-refractivity contribution in [2.75, 3.05) is 0 Å². The third-order valence-corrected chi connectivity index (χ3v) is 0. The topological polar surface area (TPSA) is 17.1 Å². The van der Waals surface area contributed by atoms with Crippen molar-refractivity contribution in [1.29, 1.82) is 0 Å². The van der Waals surface area contributed by atoms with E-state index in [-0.39, 0.29) is 51.4 Å². The molecule has 0 aromatic heterocycles. The van der Waals surface area contributed by atoms with Crippen molar-refractivity contribution in [2.24, 2.45) is 0 Å². The van der Waals surface area contributed by atoms with Crippen LogP contribution in [-0.2, 0) is 4.79 Å². The van der Waals surface area contributed by atoms with Gasteiger partial charge in [0, 0.05) is 0 Å². The normalized spacial score (nSPS) is 3.25. The average Bonchev–Trinajstić information content (AvgIpc) is 0.918. The Morgan fingerprint density at radius 3 is 1.75 bits per heavy atom. The molecule has 0 aromatic rings. The molecule has 0 spiro atoms. The van der Waals surface area contributed by atoms with Crippen molar-refractivity contribution in [3.05, 3.63) is 0 Å². The first kappa shape index (κ1) is 9.00. The zero-order chi connectivity index (χ0) is 2.71. The van der Waals surface area contributed by atoms with Crippen molar-refractivity contribution < 1.29 is 56.2 Å². The van der Waals surface area contributed by atoms with Gasteiger partial charge in [-0.3, -0.25) is 6.29 Å². The van der Waals surface area contributed by atoms with Crippen LogP contribution in [0.4, 0.5) is 0 Å². The van der Waals surface area contributed by atoms with E-state index in [9.17, 15) is 0 Å². The molecule has 4 heavy (non-hydrogen) atoms. The molecule has 18 valence electrons. The molecule has 0 aromatic carbocycles. The summed E-state index contributed by atoms with van der Waals surface area (Å²) in [5, 5.41) is 0. The summed E-state index contributed by atoms with van der Waals surface area (Å²) in [6, 6.07) is 0. The van der Waals surface area contributed by atoms with Gasteiger partial charge in [0.2, 0.25) is 0 Å². The van der Waals surface area contributed by atoms with Crippen LogP contribution in [0.2, 0.25) is 0 Å². The van der Waals surface area contributed by atoms with Crippen molar-refractivity contribution in [1.82, 2.24) is 0 Å². The predicted molar refractivity (Wildman–Crippen MR) is 11.4 cm³/mol. The Hall–Kier alpha value is 1.31. The number of hydrogen-bond donors (Lipinski definition) is 0. The Kier molecular flexibility index (Phi) is 19.9. The molecule has 2 heteroatoms. The van der Waals surface area contributed by atoms with Crippen LogP contribution >= 0.6 is 0 Å². The first-order valence-electron chi connectivity index (χ1n) is 0.704. The molecule has 0 radical (unpaired) electrons. The van der Waals surface area contributed by atoms with Gasteiger partial charge in [-0.25, -0.2) is 0 Å². The molecular weight excluding hydrogens is 79.1 g/mol. The third-order valence-electron chi connectivity index (χ3n) is 0. The number of rotatable bonds is 0. The van der Waals surface area contributed by atoms with E-state index in [4.69, 9.17) is 4.79 Å². The number of hydrogen-bond acceptors (Lipinski definition) is 1. The van der Waals surface area contributed by atoms with Crippen molar-refractivity contribution in [3.8, 4) is 0 Å². The van der Waals surface area contributed by atoms with Gasteiger partial charge in [0.05, 0.1) is 0 Å². The van der Waals surface area contributed by atoms with Crippen LogP contribution in [0.1, 0.15) is 6.92 Å². The van der Waals surface area contributed by atoms with Gasteiger partial charge < -0.3 is 4.79 Å². The summed E-state index contributed by atoms with van der Waals surface area (Å²) in [4.78, 5) is 8.68. The Morgan fingerprint density at radius 2 is 1.75 bits per heavy atom. The molecule has 0 aliphatic carbocycles. The summed E-state index contributed by atoms with van der Waals surface area (Å²) in [5.41, 5.74) is 0. The van der Waals surface area contributed by atoms with Crippen LogP contribution in [0.25, 0.3) is 0 Å². The largest absolute Gasteiger partial charge is 1.00 e. The van der Waals surface area contributed by atoms with E-state index in [1.54, 1.807) is 0 Å². The molecule has 0 aliphatic rings. The van der Waals surface area contributed by atoms with Gasteiger partial charge in [0.1, 0.15) is 0 Å². The maximum atomic E-state index is 8.68. The van der Waals surface area contributed by atoms with Crippen LogP contribution in [0.5, 0.6) is 0 Å². The molecule has 0 aliphatic heterocycles. The van der Waals surface area contributed by atoms with Crippen LogP contribution < -0.4 is 51.4 Å². The van der Waals surface area contributed by atoms with Crippen LogP contribution in [0.15, 0.2) is 0 Å². The van der Waals surface area contributed by atoms with E-state index < -0.39 is 0 Å². The molecule has 0 amide bonds. The fraction of sp³-hybridized carbons (Fsp3) is 0.500. The fourth-order valence-corrected chi connectivity index (χ4v) is 0. The molecule has 0 rings (SSSR count). The third kappa shape index (κ3) is 10.3. The van der Waals surface area contributed by atoms with E-state index >= 15 is 0 Å². The second-order valence-electron chi connectivity index (χ2n) is 0.204. The van der Waals surface area contributed by atoms with E-state index in [2.05, 4.69) is 0 Å². The van der Waals surface area contributed by atoms with E-state index in [1.807, 2.05) is 0 Å². The summed E-state index contributed by atoms with van der Waals surface area (Å²) in [6.07, 6.45) is 1.50. The SMILES string of the molecule is C[C-]=O.[K+]. The van der Waals surface area contributed by atoms with Gasteiger partial charge >= 0.3 is 51.4 Å². The van der Waals surface area contributed by atoms with Gasteiger partial charge in [-0.15, -0.1) is 0 Å². The van der Waals surface area contributed by atoms with E-state index in [0.29, 0.717) is 0 Å². The van der Waals surface area contributed by atoms with Crippen LogP contribution in [-0.4, -0.2) is 6.29 Å². The molecule has 0 bridgehead atoms. The first-order valence-corrected chi connectivity index (χ1v) is 0.704. The monoisotopic (exact) mass is 82.0 g/mol. The molecule has 0 atom stereocenters. The minimum absolute atomic E-state index is 0. The van der Waals surface area contributed by atoms with Gasteiger partial charge in [-0.2, -0.15) is 6.92 Å². The standard InChI is InChI=1S/C2H3O.K/c1-2-3;/h1H3;/q-1;+1. The number of carbonyl (C=O) groups excluding carboxylic acids is 1. The summed E-state index contributed by atoms with van der Waals surface area (Å²) in [6.45, 7) is 1.32. The van der Waals surface area contributed by atoms with Gasteiger partial charge in [-0.1, -0.05) is 0 Å². The second kappa shape index (κ2) is 8.85. The maximum Gasteiger partial charge on any atom is 1.00 e. The summed E-state index contributed by atoms with van der Waals surface area (Å²) >= 11 is 0. The maximum absolute atomic E-state index is 8.68. The van der Waals surface area contributed by atoms with E-state index in [0.717, 1.165) is 0 Å². The zero-order valence-corrected chi connectivity index (χ0v) is 6.03. The average molecular weight is 82.1 g/mol. The minimum atomic E-state index is 0. The molecule has 0 N–H and O–H groups in total. The molecule has 0 unspecified atom stereocenters. The summed E-state index contributed by atoms with van der Waals surface area (Å²) < 4.78 is 0. The second-order valence-corrected chi connectivity index (χ2v) is 0.204.